The molecule has 3 nitrogen and oxygen atoms in total. The van der Waals surface area contributed by atoms with E-state index in [4.69, 9.17) is 5.73 Å². The van der Waals surface area contributed by atoms with E-state index in [0.29, 0.717) is 0 Å². The first-order valence-corrected chi connectivity index (χ1v) is 4.05. The molecule has 0 aliphatic rings. The van der Waals surface area contributed by atoms with Gasteiger partial charge in [0.05, 0.1) is 7.11 Å². The molecule has 1 atom stereocenters. The minimum absolute atomic E-state index is 0.0350. The summed E-state index contributed by atoms with van der Waals surface area (Å²) in [4.78, 5) is 0. The molecule has 1 aromatic rings. The predicted molar refractivity (Wildman–Crippen MR) is 47.6 cm³/mol. The number of methoxy groups -OCH3 is 1. The van der Waals surface area contributed by atoms with Gasteiger partial charge in [0.2, 0.25) is 0 Å². The van der Waals surface area contributed by atoms with E-state index in [1.54, 1.807) is 0 Å². The summed E-state index contributed by atoms with van der Waals surface area (Å²) in [6.07, 6.45) is -4.51. The number of phenolic OH excluding ortho intramolecular Hbond substituents is 1. The van der Waals surface area contributed by atoms with Crippen molar-refractivity contribution < 1.29 is 23.0 Å². The van der Waals surface area contributed by atoms with Gasteiger partial charge >= 0.3 is 6.18 Å². The number of halogens is 3. The number of benzene rings is 1. The van der Waals surface area contributed by atoms with E-state index in [0.717, 1.165) is 18.2 Å². The summed E-state index contributed by atoms with van der Waals surface area (Å²) in [5, 5.41) is 9.17. The minimum atomic E-state index is -4.51. The molecule has 0 amide bonds. The summed E-state index contributed by atoms with van der Waals surface area (Å²) in [7, 11) is 1.25. The summed E-state index contributed by atoms with van der Waals surface area (Å²) in [5.74, 6) is -0.261. The van der Waals surface area contributed by atoms with Crippen LogP contribution in [0.15, 0.2) is 18.2 Å². The van der Waals surface area contributed by atoms with Crippen LogP contribution in [-0.4, -0.2) is 18.4 Å². The van der Waals surface area contributed by atoms with Crippen molar-refractivity contribution in [3.63, 3.8) is 0 Å². The Hall–Kier alpha value is -1.43. The van der Waals surface area contributed by atoms with Crippen LogP contribution in [0.25, 0.3) is 0 Å². The van der Waals surface area contributed by atoms with Crippen LogP contribution in [-0.2, 0) is 0 Å². The molecular formula is C9H10F3NO2. The molecule has 1 rings (SSSR count). The molecule has 15 heavy (non-hydrogen) atoms. The van der Waals surface area contributed by atoms with E-state index in [-0.39, 0.29) is 17.1 Å². The molecule has 0 aliphatic heterocycles. The lowest BCUT2D eigenvalue weighted by atomic mass is 10.1. The number of rotatable bonds is 2. The Kier molecular flexibility index (Phi) is 3.09. The standard InChI is InChI=1S/C9H10F3NO2/c1-15-7-4-5(2-3-6(7)14)8(13)9(10,11)12/h2-4,8,14H,13H2,1H3. The molecule has 0 fully saturated rings. The fourth-order valence-corrected chi connectivity index (χ4v) is 1.08. The third kappa shape index (κ3) is 2.53. The van der Waals surface area contributed by atoms with Crippen molar-refractivity contribution in [1.82, 2.24) is 0 Å². The van der Waals surface area contributed by atoms with Gasteiger partial charge in [-0.25, -0.2) is 0 Å². The number of nitrogens with two attached hydrogens (primary N) is 1. The highest BCUT2D eigenvalue weighted by Crippen LogP contribution is 2.34. The van der Waals surface area contributed by atoms with Crippen LogP contribution < -0.4 is 10.5 Å². The van der Waals surface area contributed by atoms with Gasteiger partial charge in [-0.2, -0.15) is 13.2 Å². The SMILES string of the molecule is COc1cc(C(N)C(F)(F)F)ccc1O. The molecular weight excluding hydrogens is 211 g/mol. The lowest BCUT2D eigenvalue weighted by molar-refractivity contribution is -0.149. The lowest BCUT2D eigenvalue weighted by Gasteiger charge is -2.16. The van der Waals surface area contributed by atoms with Gasteiger partial charge in [-0.3, -0.25) is 0 Å². The van der Waals surface area contributed by atoms with Gasteiger partial charge in [0.15, 0.2) is 11.5 Å². The monoisotopic (exact) mass is 221 g/mol. The highest BCUT2D eigenvalue weighted by atomic mass is 19.4. The number of aromatic hydroxyl groups is 1. The molecule has 6 heteroatoms. The molecule has 1 unspecified atom stereocenters. The van der Waals surface area contributed by atoms with Gasteiger partial charge in [-0.1, -0.05) is 6.07 Å². The first-order valence-electron chi connectivity index (χ1n) is 4.05. The average molecular weight is 221 g/mol. The van der Waals surface area contributed by atoms with E-state index in [2.05, 4.69) is 4.74 Å². The van der Waals surface area contributed by atoms with Gasteiger partial charge in [0.1, 0.15) is 6.04 Å². The number of hydrogen-bond acceptors (Lipinski definition) is 3. The van der Waals surface area contributed by atoms with Gasteiger partial charge in [-0.05, 0) is 17.7 Å². The molecule has 3 N–H and O–H groups in total. The Morgan fingerprint density at radius 2 is 2.00 bits per heavy atom. The topological polar surface area (TPSA) is 55.5 Å². The van der Waals surface area contributed by atoms with Crippen LogP contribution in [0.4, 0.5) is 13.2 Å². The summed E-state index contributed by atoms with van der Waals surface area (Å²) in [6, 6.07) is 1.20. The second kappa shape index (κ2) is 3.98. The smallest absolute Gasteiger partial charge is 0.407 e. The fraction of sp³-hybridized carbons (Fsp3) is 0.333. The van der Waals surface area contributed by atoms with Crippen LogP contribution in [0, 0.1) is 0 Å². The van der Waals surface area contributed by atoms with Crippen LogP contribution in [0.1, 0.15) is 11.6 Å². The molecule has 84 valence electrons. The quantitative estimate of drug-likeness (QED) is 0.802. The molecule has 0 heterocycles. The Balaban J connectivity index is 3.06. The molecule has 1 aromatic carbocycles. The van der Waals surface area contributed by atoms with Crippen molar-refractivity contribution in [2.45, 2.75) is 12.2 Å². The zero-order chi connectivity index (χ0) is 11.6. The highest BCUT2D eigenvalue weighted by Gasteiger charge is 2.38. The largest absolute Gasteiger partial charge is 0.504 e. The van der Waals surface area contributed by atoms with E-state index in [1.165, 1.54) is 7.11 Å². The van der Waals surface area contributed by atoms with Crippen LogP contribution in [0.5, 0.6) is 11.5 Å². The molecule has 0 radical (unpaired) electrons. The number of ether oxygens (including phenoxy) is 1. The summed E-state index contributed by atoms with van der Waals surface area (Å²) in [5.41, 5.74) is 4.83. The third-order valence-electron chi connectivity index (χ3n) is 1.92. The summed E-state index contributed by atoms with van der Waals surface area (Å²) in [6.45, 7) is 0. The average Bonchev–Trinajstić information content (AvgIpc) is 2.16. The van der Waals surface area contributed by atoms with Crippen molar-refractivity contribution >= 4 is 0 Å². The normalized spacial score (nSPS) is 13.7. The molecule has 0 spiro atoms. The van der Waals surface area contributed by atoms with Gasteiger partial charge < -0.3 is 15.6 Å². The minimum Gasteiger partial charge on any atom is -0.504 e. The highest BCUT2D eigenvalue weighted by molar-refractivity contribution is 5.42. The van der Waals surface area contributed by atoms with E-state index in [1.807, 2.05) is 0 Å². The van der Waals surface area contributed by atoms with Gasteiger partial charge in [0, 0.05) is 0 Å². The van der Waals surface area contributed by atoms with Crippen molar-refractivity contribution in [1.29, 1.82) is 0 Å². The fourth-order valence-electron chi connectivity index (χ4n) is 1.08. The molecule has 0 bridgehead atoms. The first kappa shape index (κ1) is 11.6. The Morgan fingerprint density at radius 1 is 1.40 bits per heavy atom. The number of hydrogen-bond donors (Lipinski definition) is 2. The number of alkyl halides is 3. The van der Waals surface area contributed by atoms with E-state index < -0.39 is 12.2 Å². The Morgan fingerprint density at radius 3 is 2.47 bits per heavy atom. The van der Waals surface area contributed by atoms with E-state index in [9.17, 15) is 18.3 Å². The first-order chi connectivity index (χ1) is 6.86. The van der Waals surface area contributed by atoms with Crippen molar-refractivity contribution in [3.8, 4) is 11.5 Å². The van der Waals surface area contributed by atoms with Gasteiger partial charge in [-0.15, -0.1) is 0 Å². The zero-order valence-corrected chi connectivity index (χ0v) is 7.88. The predicted octanol–water partition coefficient (Wildman–Crippen LogP) is 1.96. The summed E-state index contributed by atoms with van der Waals surface area (Å²) < 4.78 is 41.4. The number of phenols is 1. The maximum absolute atomic E-state index is 12.2. The van der Waals surface area contributed by atoms with Crippen molar-refractivity contribution in [2.24, 2.45) is 5.73 Å². The van der Waals surface area contributed by atoms with Crippen LogP contribution in [0.2, 0.25) is 0 Å². The van der Waals surface area contributed by atoms with Crippen LogP contribution >= 0.6 is 0 Å². The van der Waals surface area contributed by atoms with E-state index >= 15 is 0 Å². The Bertz CT molecular complexity index is 352. The second-order valence-corrected chi connectivity index (χ2v) is 2.95. The van der Waals surface area contributed by atoms with Crippen molar-refractivity contribution in [3.05, 3.63) is 23.8 Å². The molecule has 0 saturated heterocycles. The lowest BCUT2D eigenvalue weighted by Crippen LogP contribution is -2.28. The molecule has 0 aliphatic carbocycles. The second-order valence-electron chi connectivity index (χ2n) is 2.95. The van der Waals surface area contributed by atoms with Gasteiger partial charge in [0.25, 0.3) is 0 Å². The maximum atomic E-state index is 12.2. The Labute approximate surface area is 84.3 Å². The molecule has 0 aromatic heterocycles. The maximum Gasteiger partial charge on any atom is 0.407 e. The molecule has 0 saturated carbocycles. The third-order valence-corrected chi connectivity index (χ3v) is 1.92. The van der Waals surface area contributed by atoms with Crippen molar-refractivity contribution in [2.75, 3.05) is 7.11 Å². The summed E-state index contributed by atoms with van der Waals surface area (Å²) >= 11 is 0. The van der Waals surface area contributed by atoms with Crippen LogP contribution in [0.3, 0.4) is 0 Å². The zero-order valence-electron chi connectivity index (χ0n) is 7.88.